The highest BCUT2D eigenvalue weighted by molar-refractivity contribution is 6.04. The van der Waals surface area contributed by atoms with E-state index in [9.17, 15) is 4.79 Å². The first-order chi connectivity index (χ1) is 7.10. The van der Waals surface area contributed by atoms with Crippen LogP contribution < -0.4 is 11.1 Å². The van der Waals surface area contributed by atoms with Crippen LogP contribution in [0.5, 0.6) is 0 Å². The minimum atomic E-state index is -0.161. The minimum absolute atomic E-state index is 0.0884. The predicted molar refractivity (Wildman–Crippen MR) is 54.6 cm³/mol. The van der Waals surface area contributed by atoms with Crippen molar-refractivity contribution in [3.05, 3.63) is 11.8 Å². The number of amides is 1. The van der Waals surface area contributed by atoms with Gasteiger partial charge in [0.1, 0.15) is 5.82 Å². The van der Waals surface area contributed by atoms with Crippen molar-refractivity contribution in [1.82, 2.24) is 9.78 Å². The lowest BCUT2D eigenvalue weighted by molar-refractivity contribution is -0.115. The molecule has 1 aromatic rings. The first-order valence-electron chi connectivity index (χ1n) is 4.39. The molecular weight excluding hydrogens is 198 g/mol. The van der Waals surface area contributed by atoms with E-state index in [1.54, 1.807) is 14.0 Å². The fourth-order valence-electron chi connectivity index (χ4n) is 1.05. The quantitative estimate of drug-likeness (QED) is 0.280. The van der Waals surface area contributed by atoms with Gasteiger partial charge in [0.2, 0.25) is 5.91 Å². The third kappa shape index (κ3) is 2.25. The predicted octanol–water partition coefficient (Wildman–Crippen LogP) is -0.137. The number of hydrogen-bond acceptors (Lipinski definition) is 4. The molecule has 0 bridgehead atoms. The third-order valence-corrected chi connectivity index (χ3v) is 1.90. The standard InChI is InChI=1S/C8H13N5O2/c1-3-6(14)11-8-5(7(9)12-15)4-10-13(8)2/h4,15H,3H2,1-2H3,(H2,9,12)(H,11,14). The number of oxime groups is 1. The molecule has 7 nitrogen and oxygen atoms in total. The minimum Gasteiger partial charge on any atom is -0.409 e. The Kier molecular flexibility index (Phi) is 3.27. The van der Waals surface area contributed by atoms with Crippen molar-refractivity contribution < 1.29 is 10.0 Å². The maximum absolute atomic E-state index is 11.2. The summed E-state index contributed by atoms with van der Waals surface area (Å²) >= 11 is 0. The SMILES string of the molecule is CCC(=O)Nc1c(C(N)=NO)cnn1C. The molecule has 4 N–H and O–H groups in total. The van der Waals surface area contributed by atoms with E-state index in [2.05, 4.69) is 15.6 Å². The van der Waals surface area contributed by atoms with Gasteiger partial charge in [-0.25, -0.2) is 0 Å². The molecule has 0 unspecified atom stereocenters. The molecule has 0 atom stereocenters. The summed E-state index contributed by atoms with van der Waals surface area (Å²) in [6.07, 6.45) is 1.76. The van der Waals surface area contributed by atoms with Gasteiger partial charge in [0.25, 0.3) is 0 Å². The number of nitrogens with zero attached hydrogens (tertiary/aromatic N) is 3. The normalized spacial score (nSPS) is 11.5. The van der Waals surface area contributed by atoms with Crippen LogP contribution in [-0.4, -0.2) is 26.7 Å². The van der Waals surface area contributed by atoms with E-state index in [4.69, 9.17) is 10.9 Å². The second-order valence-electron chi connectivity index (χ2n) is 2.92. The van der Waals surface area contributed by atoms with Gasteiger partial charge in [-0.05, 0) is 0 Å². The molecule has 1 amide bonds. The lowest BCUT2D eigenvalue weighted by Crippen LogP contribution is -2.19. The fraction of sp³-hybridized carbons (Fsp3) is 0.375. The molecule has 0 fully saturated rings. The number of aryl methyl sites for hydroxylation is 1. The van der Waals surface area contributed by atoms with Crippen LogP contribution >= 0.6 is 0 Å². The summed E-state index contributed by atoms with van der Waals surface area (Å²) in [4.78, 5) is 11.2. The molecule has 0 saturated carbocycles. The maximum atomic E-state index is 11.2. The molecule has 0 aliphatic rings. The Morgan fingerprint density at radius 3 is 3.00 bits per heavy atom. The molecule has 0 radical (unpaired) electrons. The van der Waals surface area contributed by atoms with Crippen molar-refractivity contribution >= 4 is 17.6 Å². The first-order valence-corrected chi connectivity index (χ1v) is 4.39. The molecule has 1 rings (SSSR count). The highest BCUT2D eigenvalue weighted by Crippen LogP contribution is 2.13. The van der Waals surface area contributed by atoms with Crippen LogP contribution in [0.1, 0.15) is 18.9 Å². The average Bonchev–Trinajstić information content (AvgIpc) is 2.59. The van der Waals surface area contributed by atoms with E-state index in [0.717, 1.165) is 0 Å². The van der Waals surface area contributed by atoms with Gasteiger partial charge in [0.05, 0.1) is 11.8 Å². The second kappa shape index (κ2) is 4.45. The van der Waals surface area contributed by atoms with Gasteiger partial charge in [-0.2, -0.15) is 5.10 Å². The van der Waals surface area contributed by atoms with Crippen molar-refractivity contribution in [1.29, 1.82) is 0 Å². The van der Waals surface area contributed by atoms with E-state index < -0.39 is 0 Å². The largest absolute Gasteiger partial charge is 0.409 e. The van der Waals surface area contributed by atoms with Crippen molar-refractivity contribution in [3.63, 3.8) is 0 Å². The Morgan fingerprint density at radius 2 is 2.47 bits per heavy atom. The maximum Gasteiger partial charge on any atom is 0.225 e. The van der Waals surface area contributed by atoms with E-state index in [0.29, 0.717) is 17.8 Å². The Balaban J connectivity index is 3.04. The van der Waals surface area contributed by atoms with Gasteiger partial charge in [-0.1, -0.05) is 12.1 Å². The molecule has 7 heteroatoms. The van der Waals surface area contributed by atoms with Crippen LogP contribution in [0.15, 0.2) is 11.4 Å². The van der Waals surface area contributed by atoms with Gasteiger partial charge in [0.15, 0.2) is 5.84 Å². The van der Waals surface area contributed by atoms with Crippen LogP contribution in [0.4, 0.5) is 5.82 Å². The van der Waals surface area contributed by atoms with Crippen molar-refractivity contribution in [2.45, 2.75) is 13.3 Å². The van der Waals surface area contributed by atoms with Crippen LogP contribution in [0, 0.1) is 0 Å². The van der Waals surface area contributed by atoms with Crippen molar-refractivity contribution in [2.75, 3.05) is 5.32 Å². The topological polar surface area (TPSA) is 106 Å². The molecule has 82 valence electrons. The van der Waals surface area contributed by atoms with Crippen molar-refractivity contribution in [3.8, 4) is 0 Å². The average molecular weight is 211 g/mol. The van der Waals surface area contributed by atoms with Gasteiger partial charge in [-0.15, -0.1) is 0 Å². The Labute approximate surface area is 86.6 Å². The van der Waals surface area contributed by atoms with E-state index in [-0.39, 0.29) is 11.7 Å². The monoisotopic (exact) mass is 211 g/mol. The van der Waals surface area contributed by atoms with Gasteiger partial charge in [0, 0.05) is 13.5 Å². The third-order valence-electron chi connectivity index (χ3n) is 1.90. The summed E-state index contributed by atoms with van der Waals surface area (Å²) in [5.41, 5.74) is 5.81. The zero-order valence-electron chi connectivity index (χ0n) is 8.56. The van der Waals surface area contributed by atoms with Crippen LogP contribution in [0.2, 0.25) is 0 Å². The highest BCUT2D eigenvalue weighted by Gasteiger charge is 2.13. The first kappa shape index (κ1) is 11.0. The van der Waals surface area contributed by atoms with Crippen LogP contribution in [-0.2, 0) is 11.8 Å². The van der Waals surface area contributed by atoms with E-state index in [1.165, 1.54) is 10.9 Å². The van der Waals surface area contributed by atoms with Gasteiger partial charge in [-0.3, -0.25) is 9.48 Å². The number of amidine groups is 1. The summed E-state index contributed by atoms with van der Waals surface area (Å²) < 4.78 is 1.45. The number of anilines is 1. The lowest BCUT2D eigenvalue weighted by Gasteiger charge is -2.06. The molecule has 0 spiro atoms. The fourth-order valence-corrected chi connectivity index (χ4v) is 1.05. The lowest BCUT2D eigenvalue weighted by atomic mass is 10.3. The van der Waals surface area contributed by atoms with Gasteiger partial charge < -0.3 is 16.3 Å². The van der Waals surface area contributed by atoms with Crippen LogP contribution in [0.25, 0.3) is 0 Å². The second-order valence-corrected chi connectivity index (χ2v) is 2.92. The molecule has 0 aliphatic heterocycles. The summed E-state index contributed by atoms with van der Waals surface area (Å²) in [6.45, 7) is 1.73. The Morgan fingerprint density at radius 1 is 1.80 bits per heavy atom. The van der Waals surface area contributed by atoms with Gasteiger partial charge >= 0.3 is 0 Å². The smallest absolute Gasteiger partial charge is 0.225 e. The molecule has 1 aromatic heterocycles. The number of nitrogens with one attached hydrogen (secondary N) is 1. The van der Waals surface area contributed by atoms with E-state index >= 15 is 0 Å². The number of hydrogen-bond donors (Lipinski definition) is 3. The Bertz CT molecular complexity index is 396. The summed E-state index contributed by atoms with van der Waals surface area (Å²) in [7, 11) is 1.65. The molecule has 0 saturated heterocycles. The van der Waals surface area contributed by atoms with E-state index in [1.807, 2.05) is 0 Å². The zero-order chi connectivity index (χ0) is 11.4. The summed E-state index contributed by atoms with van der Waals surface area (Å²) in [5, 5.41) is 17.9. The summed E-state index contributed by atoms with van der Waals surface area (Å²) in [6, 6.07) is 0. The number of nitrogens with two attached hydrogens (primary N) is 1. The number of rotatable bonds is 3. The zero-order valence-corrected chi connectivity index (χ0v) is 8.56. The highest BCUT2D eigenvalue weighted by atomic mass is 16.4. The molecule has 0 aliphatic carbocycles. The molecule has 0 aromatic carbocycles. The molecule has 15 heavy (non-hydrogen) atoms. The number of carbonyl (C=O) groups excluding carboxylic acids is 1. The van der Waals surface area contributed by atoms with Crippen LogP contribution in [0.3, 0.4) is 0 Å². The Hall–Kier alpha value is -2.05. The van der Waals surface area contributed by atoms with Crippen molar-refractivity contribution in [2.24, 2.45) is 17.9 Å². The molecular formula is C8H13N5O2. The molecule has 1 heterocycles. The number of carbonyl (C=O) groups is 1. The summed E-state index contributed by atoms with van der Waals surface area (Å²) in [5.74, 6) is 0.164. The number of aromatic nitrogens is 2.